The highest BCUT2D eigenvalue weighted by molar-refractivity contribution is 8.14. The van der Waals surface area contributed by atoms with E-state index in [4.69, 9.17) is 0 Å². The van der Waals surface area contributed by atoms with Crippen LogP contribution in [0.25, 0.3) is 0 Å². The highest BCUT2D eigenvalue weighted by Crippen LogP contribution is 2.46. The molecule has 0 aromatic heterocycles. The molecular weight excluding hydrogens is 791 g/mol. The number of para-hydroxylation sites is 4. The van der Waals surface area contributed by atoms with Crippen LogP contribution in [0.3, 0.4) is 0 Å². The molecule has 0 spiro atoms. The summed E-state index contributed by atoms with van der Waals surface area (Å²) in [7, 11) is 0. The van der Waals surface area contributed by atoms with Gasteiger partial charge in [-0.3, -0.25) is 9.59 Å². The van der Waals surface area contributed by atoms with Gasteiger partial charge in [0.1, 0.15) is 0 Å². The van der Waals surface area contributed by atoms with Crippen LogP contribution in [0, 0.1) is 0 Å². The molecule has 0 aliphatic carbocycles. The van der Waals surface area contributed by atoms with Gasteiger partial charge in [-0.25, -0.2) is 0 Å². The van der Waals surface area contributed by atoms with Crippen LogP contribution in [0.5, 0.6) is 0 Å². The summed E-state index contributed by atoms with van der Waals surface area (Å²) in [5.41, 5.74) is 1.62. The molecule has 0 bridgehead atoms. The van der Waals surface area contributed by atoms with Gasteiger partial charge in [0.2, 0.25) is 10.2 Å². The monoisotopic (exact) mass is 820 g/mol. The molecule has 12 heteroatoms. The average Bonchev–Trinajstić information content (AvgIpc) is 3.22. The third-order valence-electron chi connectivity index (χ3n) is 8.88. The molecule has 4 nitrogen and oxygen atoms in total. The lowest BCUT2D eigenvalue weighted by Crippen LogP contribution is -2.18. The van der Waals surface area contributed by atoms with Gasteiger partial charge < -0.3 is 9.80 Å². The van der Waals surface area contributed by atoms with Crippen molar-refractivity contribution in [3.8, 4) is 0 Å². The fourth-order valence-corrected chi connectivity index (χ4v) is 7.70. The lowest BCUT2D eigenvalue weighted by molar-refractivity contribution is -0.138. The van der Waals surface area contributed by atoms with Crippen molar-refractivity contribution in [2.45, 2.75) is 22.1 Å². The fourth-order valence-electron chi connectivity index (χ4n) is 6.18. The molecule has 0 atom stereocenters. The molecule has 0 radical (unpaired) electrons. The number of hydrogen-bond acceptors (Lipinski definition) is 6. The number of alkyl halides is 6. The molecule has 0 saturated heterocycles. The van der Waals surface area contributed by atoms with Gasteiger partial charge in [-0.1, -0.05) is 72.8 Å². The van der Waals surface area contributed by atoms with Crippen molar-refractivity contribution in [1.82, 2.24) is 0 Å². The fraction of sp³-hybridized carbons (Fsp3) is 0.0435. The van der Waals surface area contributed by atoms with Gasteiger partial charge >= 0.3 is 12.4 Å². The maximum absolute atomic E-state index is 14.7. The number of hydrogen-bond donors (Lipinski definition) is 0. The summed E-state index contributed by atoms with van der Waals surface area (Å²) < 4.78 is 80.8. The molecule has 0 aliphatic heterocycles. The van der Waals surface area contributed by atoms with Crippen molar-refractivity contribution in [2.24, 2.45) is 0 Å². The molecule has 0 saturated carbocycles. The Morgan fingerprint density at radius 2 is 0.638 bits per heavy atom. The van der Waals surface area contributed by atoms with E-state index in [1.54, 1.807) is 21.9 Å². The first-order valence-electron chi connectivity index (χ1n) is 17.6. The average molecular weight is 821 g/mol. The molecule has 7 rings (SSSR count). The van der Waals surface area contributed by atoms with Gasteiger partial charge in [0.05, 0.1) is 33.6 Å². The van der Waals surface area contributed by atoms with E-state index in [1.165, 1.54) is 24.3 Å². The van der Waals surface area contributed by atoms with Crippen LogP contribution >= 0.6 is 23.5 Å². The highest BCUT2D eigenvalue weighted by Gasteiger charge is 2.32. The van der Waals surface area contributed by atoms with Crippen LogP contribution in [-0.2, 0) is 12.4 Å². The first kappa shape index (κ1) is 40.0. The molecule has 0 aliphatic rings. The second-order valence-corrected chi connectivity index (χ2v) is 14.8. The van der Waals surface area contributed by atoms with Crippen molar-refractivity contribution < 1.29 is 35.9 Å². The van der Waals surface area contributed by atoms with Crippen molar-refractivity contribution in [1.29, 1.82) is 0 Å². The number of halogens is 6. The van der Waals surface area contributed by atoms with Crippen LogP contribution in [-0.4, -0.2) is 10.2 Å². The van der Waals surface area contributed by atoms with Crippen LogP contribution in [0.2, 0.25) is 0 Å². The van der Waals surface area contributed by atoms with Gasteiger partial charge in [-0.05, 0) is 133 Å². The molecular formula is C46H30F6N2O2S2. The number of carbonyl (C=O) groups is 2. The molecule has 7 aromatic rings. The zero-order chi connectivity index (χ0) is 40.9. The van der Waals surface area contributed by atoms with E-state index in [-0.39, 0.29) is 32.3 Å². The maximum Gasteiger partial charge on any atom is 0.416 e. The summed E-state index contributed by atoms with van der Waals surface area (Å²) >= 11 is 1.47. The zero-order valence-electron chi connectivity index (χ0n) is 30.1. The number of carbonyl (C=O) groups excluding carboxylic acids is 2. The van der Waals surface area contributed by atoms with E-state index >= 15 is 0 Å². The Morgan fingerprint density at radius 1 is 0.379 bits per heavy atom. The van der Waals surface area contributed by atoms with Crippen molar-refractivity contribution in [2.75, 3.05) is 9.80 Å². The SMILES string of the molecule is O=C(Sc1ccc(C(F)(F)F)cc1)c1cc(N(c2ccccc2)c2ccccc2)c(C(=O)Sc2ccc(C(F)(F)F)cc2)cc1N(c1ccccc1)c1ccccc1. The smallest absolute Gasteiger partial charge is 0.310 e. The quantitative estimate of drug-likeness (QED) is 0.101. The molecule has 0 heterocycles. The summed E-state index contributed by atoms with van der Waals surface area (Å²) in [6, 6.07) is 48.3. The Labute approximate surface area is 338 Å². The first-order chi connectivity index (χ1) is 27.9. The molecule has 0 fully saturated rings. The largest absolute Gasteiger partial charge is 0.416 e. The van der Waals surface area contributed by atoms with E-state index in [9.17, 15) is 35.9 Å². The molecule has 7 aromatic carbocycles. The lowest BCUT2D eigenvalue weighted by atomic mass is 10.0. The van der Waals surface area contributed by atoms with E-state index in [0.29, 0.717) is 22.7 Å². The first-order valence-corrected chi connectivity index (χ1v) is 19.3. The summed E-state index contributed by atoms with van der Waals surface area (Å²) in [6.45, 7) is 0. The van der Waals surface area contributed by atoms with Gasteiger partial charge in [0, 0.05) is 32.5 Å². The Kier molecular flexibility index (Phi) is 11.8. The third kappa shape index (κ3) is 9.14. The lowest BCUT2D eigenvalue weighted by Gasteiger charge is -2.31. The Hall–Kier alpha value is -6.24. The number of benzene rings is 7. The Morgan fingerprint density at radius 3 is 0.879 bits per heavy atom. The number of anilines is 6. The Bertz CT molecular complexity index is 2240. The van der Waals surface area contributed by atoms with Crippen molar-refractivity contribution in [3.63, 3.8) is 0 Å². The van der Waals surface area contributed by atoms with Crippen LogP contribution < -0.4 is 9.80 Å². The van der Waals surface area contributed by atoms with Crippen molar-refractivity contribution in [3.05, 3.63) is 204 Å². The van der Waals surface area contributed by atoms with Gasteiger partial charge in [0.25, 0.3) is 0 Å². The third-order valence-corrected chi connectivity index (χ3v) is 10.7. The second-order valence-electron chi connectivity index (χ2n) is 12.7. The minimum absolute atomic E-state index is 0.126. The Balaban J connectivity index is 1.48. The maximum atomic E-state index is 14.7. The normalized spacial score (nSPS) is 11.6. The predicted octanol–water partition coefficient (Wildman–Crippen LogP) is 14.5. The number of rotatable bonds is 10. The van der Waals surface area contributed by atoms with Crippen LogP contribution in [0.4, 0.5) is 60.5 Å². The van der Waals surface area contributed by atoms with E-state index in [2.05, 4.69) is 0 Å². The van der Waals surface area contributed by atoms with Gasteiger partial charge in [-0.15, -0.1) is 0 Å². The standard InChI is InChI=1S/C46H30F6N2O2S2/c47-45(48,49)31-21-25-37(26-22-31)57-43(55)39-30-42(54(35-17-9-3-10-18-35)36-19-11-4-12-20-36)40(44(56)58-38-27-23-32(24-28-38)46(50,51)52)29-41(39)53(33-13-5-1-6-14-33)34-15-7-2-8-16-34/h1-30H. The van der Waals surface area contributed by atoms with Gasteiger partial charge in [-0.2, -0.15) is 26.3 Å². The van der Waals surface area contributed by atoms with Crippen LogP contribution in [0.1, 0.15) is 31.8 Å². The van der Waals surface area contributed by atoms with E-state index < -0.39 is 33.7 Å². The minimum atomic E-state index is -4.57. The highest BCUT2D eigenvalue weighted by atomic mass is 32.2. The molecule has 0 amide bonds. The summed E-state index contributed by atoms with van der Waals surface area (Å²) in [4.78, 5) is 33.6. The van der Waals surface area contributed by atoms with Crippen molar-refractivity contribution >= 4 is 67.9 Å². The molecule has 0 N–H and O–H groups in total. The minimum Gasteiger partial charge on any atom is -0.310 e. The van der Waals surface area contributed by atoms with Gasteiger partial charge in [0.15, 0.2) is 0 Å². The number of nitrogens with zero attached hydrogens (tertiary/aromatic N) is 2. The zero-order valence-corrected chi connectivity index (χ0v) is 31.7. The molecule has 290 valence electrons. The number of thioether (sulfide) groups is 2. The molecule has 58 heavy (non-hydrogen) atoms. The second kappa shape index (κ2) is 17.1. The molecule has 0 unspecified atom stereocenters. The summed E-state index contributed by atoms with van der Waals surface area (Å²) in [6.07, 6.45) is -9.14. The predicted molar refractivity (Wildman–Crippen MR) is 219 cm³/mol. The van der Waals surface area contributed by atoms with E-state index in [0.717, 1.165) is 47.8 Å². The summed E-state index contributed by atoms with van der Waals surface area (Å²) in [5.74, 6) is 0. The van der Waals surface area contributed by atoms with Crippen LogP contribution in [0.15, 0.2) is 192 Å². The topological polar surface area (TPSA) is 40.6 Å². The summed E-state index contributed by atoms with van der Waals surface area (Å²) in [5, 5.41) is -1.05. The van der Waals surface area contributed by atoms with E-state index in [1.807, 2.05) is 121 Å².